The number of benzene rings is 1. The molecule has 1 saturated heterocycles. The fourth-order valence-corrected chi connectivity index (χ4v) is 4.97. The molecule has 2 aliphatic rings. The van der Waals surface area contributed by atoms with Crippen molar-refractivity contribution in [3.8, 4) is 0 Å². The van der Waals surface area contributed by atoms with Crippen LogP contribution in [0.2, 0.25) is 0 Å². The Balaban J connectivity index is 1.65. The standard InChI is InChI=1S/C20H23N3O4S/c1-27-20(26)16-12-22(9-10-28-16)18(24)13-6-7-14-15(11-13)21-17-5-3-2-4-8-23(17)19(14)25/h6-7,11,16H,2-5,8-10,12H2,1H3/t16-/m1/s1. The summed E-state index contributed by atoms with van der Waals surface area (Å²) in [5.41, 5.74) is 1.04. The minimum absolute atomic E-state index is 0.0268. The summed E-state index contributed by atoms with van der Waals surface area (Å²) in [5, 5.41) is 0.186. The van der Waals surface area contributed by atoms with E-state index in [0.717, 1.165) is 31.5 Å². The molecule has 3 heterocycles. The Morgan fingerprint density at radius 2 is 2.07 bits per heavy atom. The number of hydrogen-bond donors (Lipinski definition) is 0. The molecule has 2 aromatic rings. The van der Waals surface area contributed by atoms with E-state index in [9.17, 15) is 14.4 Å². The highest BCUT2D eigenvalue weighted by atomic mass is 32.2. The number of amides is 1. The maximum atomic E-state index is 13.0. The molecule has 0 spiro atoms. The summed E-state index contributed by atoms with van der Waals surface area (Å²) in [6.45, 7) is 1.61. The number of aromatic nitrogens is 2. The Morgan fingerprint density at radius 1 is 1.21 bits per heavy atom. The van der Waals surface area contributed by atoms with Gasteiger partial charge in [-0.3, -0.25) is 19.0 Å². The second-order valence-electron chi connectivity index (χ2n) is 7.16. The number of fused-ring (bicyclic) bond motifs is 2. The van der Waals surface area contributed by atoms with Crippen molar-refractivity contribution in [3.05, 3.63) is 39.9 Å². The third-order valence-corrected chi connectivity index (χ3v) is 6.54. The third kappa shape index (κ3) is 3.53. The smallest absolute Gasteiger partial charge is 0.320 e. The van der Waals surface area contributed by atoms with Crippen LogP contribution in [-0.4, -0.2) is 57.5 Å². The highest BCUT2D eigenvalue weighted by Crippen LogP contribution is 2.22. The first kappa shape index (κ1) is 19.0. The lowest BCUT2D eigenvalue weighted by molar-refractivity contribution is -0.140. The van der Waals surface area contributed by atoms with Gasteiger partial charge in [-0.15, -0.1) is 11.8 Å². The van der Waals surface area contributed by atoms with E-state index in [-0.39, 0.29) is 22.7 Å². The molecule has 8 heteroatoms. The largest absolute Gasteiger partial charge is 0.468 e. The van der Waals surface area contributed by atoms with Crippen LogP contribution in [0.25, 0.3) is 10.9 Å². The monoisotopic (exact) mass is 401 g/mol. The van der Waals surface area contributed by atoms with Gasteiger partial charge in [0.05, 0.1) is 18.0 Å². The number of carbonyl (C=O) groups excluding carboxylic acids is 2. The van der Waals surface area contributed by atoms with E-state index >= 15 is 0 Å². The van der Waals surface area contributed by atoms with Crippen LogP contribution in [-0.2, 0) is 22.5 Å². The minimum atomic E-state index is -0.360. The molecular formula is C20H23N3O4S. The van der Waals surface area contributed by atoms with Gasteiger partial charge in [0.2, 0.25) is 0 Å². The molecule has 1 aromatic heterocycles. The number of aryl methyl sites for hydroxylation is 1. The van der Waals surface area contributed by atoms with E-state index in [2.05, 4.69) is 0 Å². The lowest BCUT2D eigenvalue weighted by Gasteiger charge is -2.31. The third-order valence-electron chi connectivity index (χ3n) is 5.38. The Labute approximate surface area is 167 Å². The van der Waals surface area contributed by atoms with Crippen molar-refractivity contribution < 1.29 is 14.3 Å². The first-order chi connectivity index (χ1) is 13.6. The lowest BCUT2D eigenvalue weighted by Crippen LogP contribution is -2.45. The maximum Gasteiger partial charge on any atom is 0.320 e. The van der Waals surface area contributed by atoms with E-state index < -0.39 is 0 Å². The zero-order valence-electron chi connectivity index (χ0n) is 15.8. The van der Waals surface area contributed by atoms with Gasteiger partial charge in [0.15, 0.2) is 0 Å². The van der Waals surface area contributed by atoms with Crippen LogP contribution in [0.5, 0.6) is 0 Å². The van der Waals surface area contributed by atoms with Gasteiger partial charge >= 0.3 is 5.97 Å². The zero-order valence-corrected chi connectivity index (χ0v) is 16.7. The van der Waals surface area contributed by atoms with E-state index in [1.807, 2.05) is 0 Å². The van der Waals surface area contributed by atoms with E-state index in [4.69, 9.17) is 9.72 Å². The van der Waals surface area contributed by atoms with Crippen molar-refractivity contribution in [1.29, 1.82) is 0 Å². The SMILES string of the molecule is COC(=O)[C@H]1CN(C(=O)c2ccc3c(=O)n4c(nc3c2)CCCCC4)CCS1. The van der Waals surface area contributed by atoms with Crippen LogP contribution in [0.1, 0.15) is 35.4 Å². The van der Waals surface area contributed by atoms with Crippen LogP contribution in [0, 0.1) is 0 Å². The van der Waals surface area contributed by atoms with Crippen LogP contribution in [0.15, 0.2) is 23.0 Å². The molecule has 1 amide bonds. The van der Waals surface area contributed by atoms with Crippen molar-refractivity contribution in [2.45, 2.75) is 37.5 Å². The first-order valence-electron chi connectivity index (χ1n) is 9.60. The van der Waals surface area contributed by atoms with Crippen molar-refractivity contribution in [2.24, 2.45) is 0 Å². The van der Waals surface area contributed by atoms with Crippen molar-refractivity contribution in [1.82, 2.24) is 14.5 Å². The predicted molar refractivity (Wildman–Crippen MR) is 108 cm³/mol. The molecule has 0 radical (unpaired) electrons. The zero-order chi connectivity index (χ0) is 19.7. The number of thioether (sulfide) groups is 1. The van der Waals surface area contributed by atoms with Gasteiger partial charge in [-0.25, -0.2) is 4.98 Å². The number of esters is 1. The Bertz CT molecular complexity index is 987. The molecule has 0 aliphatic carbocycles. The number of rotatable bonds is 2. The molecule has 0 unspecified atom stereocenters. The van der Waals surface area contributed by atoms with Gasteiger partial charge in [-0.1, -0.05) is 6.42 Å². The number of ether oxygens (including phenoxy) is 1. The van der Waals surface area contributed by atoms with Gasteiger partial charge in [0.1, 0.15) is 11.1 Å². The number of carbonyl (C=O) groups is 2. The Kier molecular flexibility index (Phi) is 5.39. The minimum Gasteiger partial charge on any atom is -0.468 e. The normalized spacial score (nSPS) is 19.8. The number of methoxy groups -OCH3 is 1. The molecule has 1 atom stereocenters. The van der Waals surface area contributed by atoms with Gasteiger partial charge in [-0.2, -0.15) is 0 Å². The Hall–Kier alpha value is -2.35. The van der Waals surface area contributed by atoms with Crippen LogP contribution < -0.4 is 5.56 Å². The fourth-order valence-electron chi connectivity index (χ4n) is 3.84. The van der Waals surface area contributed by atoms with Crippen molar-refractivity contribution >= 4 is 34.5 Å². The van der Waals surface area contributed by atoms with Crippen LogP contribution in [0.3, 0.4) is 0 Å². The summed E-state index contributed by atoms with van der Waals surface area (Å²) in [5.74, 6) is 1.04. The molecule has 7 nitrogen and oxygen atoms in total. The summed E-state index contributed by atoms with van der Waals surface area (Å²) in [4.78, 5) is 44.0. The van der Waals surface area contributed by atoms with E-state index in [1.54, 1.807) is 27.7 Å². The molecule has 0 saturated carbocycles. The predicted octanol–water partition coefficient (Wildman–Crippen LogP) is 1.85. The lowest BCUT2D eigenvalue weighted by atomic mass is 10.1. The first-order valence-corrected chi connectivity index (χ1v) is 10.7. The molecule has 148 valence electrons. The molecule has 4 rings (SSSR count). The molecule has 28 heavy (non-hydrogen) atoms. The quantitative estimate of drug-likeness (QED) is 0.715. The summed E-state index contributed by atoms with van der Waals surface area (Å²) < 4.78 is 6.59. The van der Waals surface area contributed by atoms with Gasteiger partial charge in [0, 0.05) is 37.4 Å². The Morgan fingerprint density at radius 3 is 2.89 bits per heavy atom. The average Bonchev–Trinajstić information content (AvgIpc) is 2.98. The van der Waals surface area contributed by atoms with Gasteiger partial charge in [-0.05, 0) is 31.0 Å². The summed E-state index contributed by atoms with van der Waals surface area (Å²) in [6.07, 6.45) is 3.90. The summed E-state index contributed by atoms with van der Waals surface area (Å²) >= 11 is 1.51. The second kappa shape index (κ2) is 7.95. The molecule has 0 N–H and O–H groups in total. The van der Waals surface area contributed by atoms with Gasteiger partial charge in [0.25, 0.3) is 11.5 Å². The van der Waals surface area contributed by atoms with Crippen LogP contribution in [0.4, 0.5) is 0 Å². The van der Waals surface area contributed by atoms with Crippen molar-refractivity contribution in [2.75, 3.05) is 26.0 Å². The van der Waals surface area contributed by atoms with E-state index in [1.165, 1.54) is 18.9 Å². The maximum absolute atomic E-state index is 13.0. The van der Waals surface area contributed by atoms with Crippen molar-refractivity contribution in [3.63, 3.8) is 0 Å². The van der Waals surface area contributed by atoms with Crippen LogP contribution >= 0.6 is 11.8 Å². The summed E-state index contributed by atoms with van der Waals surface area (Å²) in [6, 6.07) is 5.10. The molecular weight excluding hydrogens is 378 g/mol. The molecule has 1 fully saturated rings. The highest BCUT2D eigenvalue weighted by molar-refractivity contribution is 8.00. The number of nitrogens with zero attached hydrogens (tertiary/aromatic N) is 3. The molecule has 2 aliphatic heterocycles. The molecule has 1 aromatic carbocycles. The van der Waals surface area contributed by atoms with Gasteiger partial charge < -0.3 is 9.64 Å². The summed E-state index contributed by atoms with van der Waals surface area (Å²) in [7, 11) is 1.36. The molecule has 0 bridgehead atoms. The highest BCUT2D eigenvalue weighted by Gasteiger charge is 2.30. The average molecular weight is 401 g/mol. The van der Waals surface area contributed by atoms with E-state index in [0.29, 0.717) is 41.9 Å². The second-order valence-corrected chi connectivity index (χ2v) is 8.47. The topological polar surface area (TPSA) is 81.5 Å². The number of hydrogen-bond acceptors (Lipinski definition) is 6. The fraction of sp³-hybridized carbons (Fsp3) is 0.500.